The van der Waals surface area contributed by atoms with Crippen molar-refractivity contribution in [3.8, 4) is 5.75 Å². The van der Waals surface area contributed by atoms with Crippen LogP contribution in [0.15, 0.2) is 18.2 Å². The number of hydrogen-bond acceptors (Lipinski definition) is 4. The lowest BCUT2D eigenvalue weighted by Gasteiger charge is -2.13. The predicted octanol–water partition coefficient (Wildman–Crippen LogP) is -0.104. The van der Waals surface area contributed by atoms with Crippen LogP contribution < -0.4 is 21.1 Å². The van der Waals surface area contributed by atoms with Gasteiger partial charge in [-0.05, 0) is 12.1 Å². The molecule has 0 spiro atoms. The molecule has 1 unspecified atom stereocenters. The molecule has 1 aromatic carbocycles. The third-order valence-corrected chi connectivity index (χ3v) is 2.84. The molecule has 1 atom stereocenters. The molecular formula is C12H15N3O3. The predicted molar refractivity (Wildman–Crippen MR) is 66.3 cm³/mol. The summed E-state index contributed by atoms with van der Waals surface area (Å²) in [6.07, 6.45) is 0.301. The van der Waals surface area contributed by atoms with Gasteiger partial charge in [0.15, 0.2) is 0 Å². The Balaban J connectivity index is 2.11. The van der Waals surface area contributed by atoms with Crippen LogP contribution in [-0.4, -0.2) is 31.5 Å². The summed E-state index contributed by atoms with van der Waals surface area (Å²) in [5, 5.41) is 5.41. The number of para-hydroxylation sites is 1. The number of carbonyl (C=O) groups is 2. The monoisotopic (exact) mass is 249 g/mol. The summed E-state index contributed by atoms with van der Waals surface area (Å²) in [5.41, 5.74) is 6.48. The van der Waals surface area contributed by atoms with E-state index in [4.69, 9.17) is 10.5 Å². The molecule has 96 valence electrons. The standard InChI is InChI=1S/C12H15N3O3/c1-18-9-4-2-3-8(11(9)13)12(17)15-7-5-10(16)14-6-7/h2-4,7H,5-6,13H2,1H3,(H,14,16)(H,15,17). The summed E-state index contributed by atoms with van der Waals surface area (Å²) < 4.78 is 5.05. The minimum Gasteiger partial charge on any atom is -0.495 e. The maximum atomic E-state index is 12.0. The van der Waals surface area contributed by atoms with E-state index in [1.54, 1.807) is 18.2 Å². The van der Waals surface area contributed by atoms with Crippen molar-refractivity contribution in [2.45, 2.75) is 12.5 Å². The van der Waals surface area contributed by atoms with Gasteiger partial charge in [-0.15, -0.1) is 0 Å². The normalized spacial score (nSPS) is 18.3. The molecule has 1 heterocycles. The van der Waals surface area contributed by atoms with Gasteiger partial charge in [-0.2, -0.15) is 0 Å². The first kappa shape index (κ1) is 12.2. The molecule has 0 saturated carbocycles. The fraction of sp³-hybridized carbons (Fsp3) is 0.333. The lowest BCUT2D eigenvalue weighted by Crippen LogP contribution is -2.36. The zero-order chi connectivity index (χ0) is 13.1. The first-order valence-corrected chi connectivity index (χ1v) is 5.62. The van der Waals surface area contributed by atoms with Crippen molar-refractivity contribution in [2.24, 2.45) is 0 Å². The number of carbonyl (C=O) groups excluding carboxylic acids is 2. The van der Waals surface area contributed by atoms with Gasteiger partial charge in [0.05, 0.1) is 24.4 Å². The summed E-state index contributed by atoms with van der Waals surface area (Å²) in [6.45, 7) is 0.453. The summed E-state index contributed by atoms with van der Waals surface area (Å²) >= 11 is 0. The van der Waals surface area contributed by atoms with Crippen LogP contribution in [0.25, 0.3) is 0 Å². The molecule has 1 aliphatic heterocycles. The van der Waals surface area contributed by atoms with Crippen LogP contribution >= 0.6 is 0 Å². The number of nitrogen functional groups attached to an aromatic ring is 1. The maximum Gasteiger partial charge on any atom is 0.253 e. The molecule has 1 fully saturated rings. The van der Waals surface area contributed by atoms with Gasteiger partial charge in [-0.25, -0.2) is 0 Å². The fourth-order valence-electron chi connectivity index (χ4n) is 1.89. The molecule has 1 aromatic rings. The molecule has 2 rings (SSSR count). The largest absolute Gasteiger partial charge is 0.495 e. The fourth-order valence-corrected chi connectivity index (χ4v) is 1.89. The molecule has 1 saturated heterocycles. The highest BCUT2D eigenvalue weighted by Crippen LogP contribution is 2.24. The first-order valence-electron chi connectivity index (χ1n) is 5.62. The Bertz CT molecular complexity index is 487. The summed E-state index contributed by atoms with van der Waals surface area (Å²) in [5.74, 6) is 0.107. The minimum atomic E-state index is -0.298. The minimum absolute atomic E-state index is 0.0566. The highest BCUT2D eigenvalue weighted by molar-refractivity contribution is 6.00. The van der Waals surface area contributed by atoms with E-state index in [-0.39, 0.29) is 17.9 Å². The molecule has 18 heavy (non-hydrogen) atoms. The van der Waals surface area contributed by atoms with Crippen molar-refractivity contribution in [3.05, 3.63) is 23.8 Å². The maximum absolute atomic E-state index is 12.0. The van der Waals surface area contributed by atoms with Crippen LogP contribution in [0, 0.1) is 0 Å². The molecule has 0 aromatic heterocycles. The summed E-state index contributed by atoms with van der Waals surface area (Å²) in [6, 6.07) is 4.82. The number of rotatable bonds is 3. The van der Waals surface area contributed by atoms with Crippen LogP contribution in [0.1, 0.15) is 16.8 Å². The number of hydrogen-bond donors (Lipinski definition) is 3. The van der Waals surface area contributed by atoms with E-state index in [1.807, 2.05) is 0 Å². The number of ether oxygens (including phenoxy) is 1. The Labute approximate surface area is 104 Å². The highest BCUT2D eigenvalue weighted by atomic mass is 16.5. The lowest BCUT2D eigenvalue weighted by molar-refractivity contribution is -0.119. The average Bonchev–Trinajstić information content (AvgIpc) is 2.75. The molecule has 4 N–H and O–H groups in total. The third-order valence-electron chi connectivity index (χ3n) is 2.84. The van der Waals surface area contributed by atoms with E-state index in [2.05, 4.69) is 10.6 Å². The van der Waals surface area contributed by atoms with Gasteiger partial charge < -0.3 is 21.1 Å². The van der Waals surface area contributed by atoms with Crippen molar-refractivity contribution in [3.63, 3.8) is 0 Å². The zero-order valence-corrected chi connectivity index (χ0v) is 10.0. The van der Waals surface area contributed by atoms with Crippen LogP contribution in [0.3, 0.4) is 0 Å². The topological polar surface area (TPSA) is 93.5 Å². The second kappa shape index (κ2) is 4.95. The number of nitrogens with one attached hydrogen (secondary N) is 2. The Kier molecular flexibility index (Phi) is 3.36. The molecule has 6 heteroatoms. The van der Waals surface area contributed by atoms with Crippen LogP contribution in [-0.2, 0) is 4.79 Å². The van der Waals surface area contributed by atoms with Crippen molar-refractivity contribution < 1.29 is 14.3 Å². The van der Waals surface area contributed by atoms with Crippen LogP contribution in [0.2, 0.25) is 0 Å². The van der Waals surface area contributed by atoms with E-state index >= 15 is 0 Å². The molecule has 0 radical (unpaired) electrons. The SMILES string of the molecule is COc1cccc(C(=O)NC2CNC(=O)C2)c1N. The third kappa shape index (κ3) is 2.37. The zero-order valence-electron chi connectivity index (χ0n) is 10.0. The van der Waals surface area contributed by atoms with Gasteiger partial charge in [0.2, 0.25) is 5.91 Å². The summed E-state index contributed by atoms with van der Waals surface area (Å²) in [4.78, 5) is 23.0. The van der Waals surface area contributed by atoms with Crippen molar-refractivity contribution in [1.82, 2.24) is 10.6 Å². The van der Waals surface area contributed by atoms with E-state index < -0.39 is 0 Å². The molecule has 0 aliphatic carbocycles. The number of anilines is 1. The number of amides is 2. The quantitative estimate of drug-likeness (QED) is 0.652. The Hall–Kier alpha value is -2.24. The number of nitrogens with two attached hydrogens (primary N) is 1. The Morgan fingerprint density at radius 1 is 1.56 bits per heavy atom. The number of methoxy groups -OCH3 is 1. The smallest absolute Gasteiger partial charge is 0.253 e. The first-order chi connectivity index (χ1) is 8.61. The van der Waals surface area contributed by atoms with Gasteiger partial charge >= 0.3 is 0 Å². The van der Waals surface area contributed by atoms with Gasteiger partial charge in [-0.1, -0.05) is 6.07 Å². The molecule has 1 aliphatic rings. The molecular weight excluding hydrogens is 234 g/mol. The van der Waals surface area contributed by atoms with Gasteiger partial charge in [0.25, 0.3) is 5.91 Å². The van der Waals surface area contributed by atoms with E-state index in [9.17, 15) is 9.59 Å². The van der Waals surface area contributed by atoms with E-state index in [1.165, 1.54) is 7.11 Å². The van der Waals surface area contributed by atoms with E-state index in [0.717, 1.165) is 0 Å². The Morgan fingerprint density at radius 3 is 2.94 bits per heavy atom. The average molecular weight is 249 g/mol. The highest BCUT2D eigenvalue weighted by Gasteiger charge is 2.24. The second-order valence-electron chi connectivity index (χ2n) is 4.10. The van der Waals surface area contributed by atoms with Crippen LogP contribution in [0.4, 0.5) is 5.69 Å². The van der Waals surface area contributed by atoms with Crippen LogP contribution in [0.5, 0.6) is 5.75 Å². The molecule has 0 bridgehead atoms. The molecule has 2 amide bonds. The van der Waals surface area contributed by atoms with Crippen molar-refractivity contribution >= 4 is 17.5 Å². The van der Waals surface area contributed by atoms with Gasteiger partial charge in [-0.3, -0.25) is 9.59 Å². The number of benzene rings is 1. The molecule has 6 nitrogen and oxygen atoms in total. The lowest BCUT2D eigenvalue weighted by atomic mass is 10.1. The summed E-state index contributed by atoms with van der Waals surface area (Å²) in [7, 11) is 1.49. The van der Waals surface area contributed by atoms with Gasteiger partial charge in [0, 0.05) is 13.0 Å². The Morgan fingerprint density at radius 2 is 2.33 bits per heavy atom. The van der Waals surface area contributed by atoms with Gasteiger partial charge in [0.1, 0.15) is 5.75 Å². The van der Waals surface area contributed by atoms with E-state index in [0.29, 0.717) is 30.0 Å². The van der Waals surface area contributed by atoms with Crippen molar-refractivity contribution in [1.29, 1.82) is 0 Å². The van der Waals surface area contributed by atoms with Crippen molar-refractivity contribution in [2.75, 3.05) is 19.4 Å². The second-order valence-corrected chi connectivity index (χ2v) is 4.10.